The lowest BCUT2D eigenvalue weighted by Gasteiger charge is -2.23. The summed E-state index contributed by atoms with van der Waals surface area (Å²) < 4.78 is 5.23. The van der Waals surface area contributed by atoms with Crippen LogP contribution < -0.4 is 15.0 Å². The van der Waals surface area contributed by atoms with E-state index in [9.17, 15) is 9.59 Å². The Bertz CT molecular complexity index is 900. The Labute approximate surface area is 177 Å². The van der Waals surface area contributed by atoms with Crippen LogP contribution in [0.2, 0.25) is 0 Å². The molecule has 7 heteroatoms. The van der Waals surface area contributed by atoms with E-state index >= 15 is 0 Å². The average molecular weight is 409 g/mol. The van der Waals surface area contributed by atoms with Crippen LogP contribution in [0.25, 0.3) is 0 Å². The monoisotopic (exact) mass is 408 g/mol. The van der Waals surface area contributed by atoms with Gasteiger partial charge in [0.25, 0.3) is 5.91 Å². The second kappa shape index (κ2) is 9.17. The molecule has 2 heterocycles. The molecule has 2 aliphatic rings. The first kappa shape index (κ1) is 20.2. The molecule has 2 aromatic rings. The fourth-order valence-corrected chi connectivity index (χ4v) is 4.03. The van der Waals surface area contributed by atoms with Crippen LogP contribution in [0.4, 0.5) is 10.5 Å². The van der Waals surface area contributed by atoms with Crippen molar-refractivity contribution in [2.45, 2.75) is 13.0 Å². The van der Waals surface area contributed by atoms with Gasteiger partial charge in [-0.1, -0.05) is 18.2 Å². The van der Waals surface area contributed by atoms with Crippen LogP contribution in [-0.2, 0) is 6.54 Å². The van der Waals surface area contributed by atoms with Crippen LogP contribution in [0.1, 0.15) is 22.3 Å². The summed E-state index contributed by atoms with van der Waals surface area (Å²) in [6.07, 6.45) is 0.941. The van der Waals surface area contributed by atoms with Crippen molar-refractivity contribution < 1.29 is 14.3 Å². The summed E-state index contributed by atoms with van der Waals surface area (Å²) in [5, 5.41) is 2.80. The van der Waals surface area contributed by atoms with E-state index in [0.29, 0.717) is 25.2 Å². The molecule has 3 amide bonds. The first-order valence-corrected chi connectivity index (χ1v) is 10.4. The van der Waals surface area contributed by atoms with Crippen LogP contribution in [0.3, 0.4) is 0 Å². The summed E-state index contributed by atoms with van der Waals surface area (Å²) in [7, 11) is 1.67. The zero-order valence-electron chi connectivity index (χ0n) is 17.3. The Morgan fingerprint density at radius 1 is 1.03 bits per heavy atom. The van der Waals surface area contributed by atoms with Crippen LogP contribution in [-0.4, -0.2) is 68.1 Å². The van der Waals surface area contributed by atoms with Gasteiger partial charge in [0.05, 0.1) is 7.11 Å². The van der Waals surface area contributed by atoms with Gasteiger partial charge in [0, 0.05) is 57.1 Å². The van der Waals surface area contributed by atoms with Gasteiger partial charge in [0.2, 0.25) is 0 Å². The fourth-order valence-electron chi connectivity index (χ4n) is 4.03. The van der Waals surface area contributed by atoms with Crippen molar-refractivity contribution in [1.82, 2.24) is 15.1 Å². The highest BCUT2D eigenvalue weighted by molar-refractivity contribution is 5.98. The molecule has 4 rings (SSSR count). The minimum absolute atomic E-state index is 0.0303. The molecule has 2 aromatic carbocycles. The molecule has 0 bridgehead atoms. The van der Waals surface area contributed by atoms with E-state index in [-0.39, 0.29) is 11.9 Å². The second-order valence-corrected chi connectivity index (χ2v) is 7.70. The van der Waals surface area contributed by atoms with Crippen LogP contribution in [0.5, 0.6) is 5.75 Å². The minimum atomic E-state index is -0.108. The van der Waals surface area contributed by atoms with E-state index in [1.165, 1.54) is 5.56 Å². The predicted molar refractivity (Wildman–Crippen MR) is 116 cm³/mol. The Morgan fingerprint density at radius 3 is 2.60 bits per heavy atom. The van der Waals surface area contributed by atoms with Gasteiger partial charge >= 0.3 is 6.03 Å². The number of anilines is 1. The number of amides is 3. The summed E-state index contributed by atoms with van der Waals surface area (Å²) in [6, 6.07) is 15.4. The molecule has 2 aliphatic heterocycles. The highest BCUT2D eigenvalue weighted by Crippen LogP contribution is 2.20. The van der Waals surface area contributed by atoms with E-state index in [4.69, 9.17) is 4.74 Å². The molecular weight excluding hydrogens is 380 g/mol. The Morgan fingerprint density at radius 2 is 1.87 bits per heavy atom. The molecule has 7 nitrogen and oxygen atoms in total. The third-order valence-electron chi connectivity index (χ3n) is 5.70. The van der Waals surface area contributed by atoms with Gasteiger partial charge in [0.1, 0.15) is 5.75 Å². The van der Waals surface area contributed by atoms with Crippen molar-refractivity contribution >= 4 is 17.6 Å². The number of benzene rings is 2. The minimum Gasteiger partial charge on any atom is -0.497 e. The van der Waals surface area contributed by atoms with Crippen molar-refractivity contribution in [2.75, 3.05) is 51.3 Å². The van der Waals surface area contributed by atoms with Crippen molar-refractivity contribution in [2.24, 2.45) is 0 Å². The van der Waals surface area contributed by atoms with Gasteiger partial charge in [-0.15, -0.1) is 0 Å². The number of nitrogens with one attached hydrogen (secondary N) is 1. The zero-order chi connectivity index (χ0) is 20.9. The maximum absolute atomic E-state index is 13.1. The number of rotatable bonds is 5. The number of hydrogen-bond acceptors (Lipinski definition) is 4. The zero-order valence-corrected chi connectivity index (χ0v) is 17.3. The summed E-state index contributed by atoms with van der Waals surface area (Å²) in [6.45, 7) is 5.37. The number of carbonyl (C=O) groups is 2. The third-order valence-corrected chi connectivity index (χ3v) is 5.70. The lowest BCUT2D eigenvalue weighted by atomic mass is 10.1. The van der Waals surface area contributed by atoms with Crippen LogP contribution in [0, 0.1) is 0 Å². The van der Waals surface area contributed by atoms with E-state index < -0.39 is 0 Å². The lowest BCUT2D eigenvalue weighted by Crippen LogP contribution is -2.35. The molecule has 0 radical (unpaired) electrons. The van der Waals surface area contributed by atoms with Crippen LogP contribution >= 0.6 is 0 Å². The summed E-state index contributed by atoms with van der Waals surface area (Å²) >= 11 is 0. The molecule has 2 saturated heterocycles. The molecule has 0 aliphatic carbocycles. The van der Waals surface area contributed by atoms with Gasteiger partial charge in [-0.05, 0) is 42.3 Å². The normalized spacial score (nSPS) is 17.6. The van der Waals surface area contributed by atoms with Gasteiger partial charge in [-0.25, -0.2) is 4.79 Å². The predicted octanol–water partition coefficient (Wildman–Crippen LogP) is 2.57. The van der Waals surface area contributed by atoms with Crippen molar-refractivity contribution in [3.05, 3.63) is 59.7 Å². The average Bonchev–Trinajstić information content (AvgIpc) is 3.08. The van der Waals surface area contributed by atoms with Crippen molar-refractivity contribution in [1.29, 1.82) is 0 Å². The summed E-state index contributed by atoms with van der Waals surface area (Å²) in [4.78, 5) is 31.0. The highest BCUT2D eigenvalue weighted by atomic mass is 16.5. The Balaban J connectivity index is 1.38. The van der Waals surface area contributed by atoms with E-state index in [1.807, 2.05) is 41.3 Å². The number of urea groups is 1. The molecule has 1 N–H and O–H groups in total. The molecule has 30 heavy (non-hydrogen) atoms. The summed E-state index contributed by atoms with van der Waals surface area (Å²) in [5.41, 5.74) is 2.65. The fraction of sp³-hybridized carbons (Fsp3) is 0.391. The lowest BCUT2D eigenvalue weighted by molar-refractivity contribution is 0.0761. The van der Waals surface area contributed by atoms with Gasteiger partial charge in [0.15, 0.2) is 0 Å². The van der Waals surface area contributed by atoms with E-state index in [1.54, 1.807) is 12.0 Å². The third kappa shape index (κ3) is 4.57. The van der Waals surface area contributed by atoms with E-state index in [0.717, 1.165) is 44.0 Å². The SMILES string of the molecule is COc1ccc(CN2CCCN(C(=O)c3cccc(N4CCNC4=O)c3)CC2)cc1. The van der Waals surface area contributed by atoms with Crippen molar-refractivity contribution in [3.63, 3.8) is 0 Å². The van der Waals surface area contributed by atoms with Gasteiger partial charge in [-0.3, -0.25) is 14.6 Å². The first-order chi connectivity index (χ1) is 14.6. The number of hydrogen-bond donors (Lipinski definition) is 1. The molecule has 0 unspecified atom stereocenters. The standard InChI is InChI=1S/C23H28N4O3/c1-30-21-8-6-18(7-9-21)17-25-11-3-12-26(15-14-25)22(28)19-4-2-5-20(16-19)27-13-10-24-23(27)29/h2,4-9,16H,3,10-15,17H2,1H3,(H,24,29). The maximum atomic E-state index is 13.1. The van der Waals surface area contributed by atoms with Gasteiger partial charge in [-0.2, -0.15) is 0 Å². The maximum Gasteiger partial charge on any atom is 0.321 e. The molecule has 0 atom stereocenters. The largest absolute Gasteiger partial charge is 0.497 e. The molecule has 0 saturated carbocycles. The number of methoxy groups -OCH3 is 1. The van der Waals surface area contributed by atoms with Crippen LogP contribution in [0.15, 0.2) is 48.5 Å². The number of carbonyl (C=O) groups excluding carboxylic acids is 2. The number of nitrogens with zero attached hydrogens (tertiary/aromatic N) is 3. The summed E-state index contributed by atoms with van der Waals surface area (Å²) in [5.74, 6) is 0.891. The number of ether oxygens (including phenoxy) is 1. The molecule has 158 valence electrons. The second-order valence-electron chi connectivity index (χ2n) is 7.70. The Kier molecular flexibility index (Phi) is 6.18. The van der Waals surface area contributed by atoms with Crippen molar-refractivity contribution in [3.8, 4) is 5.75 Å². The molecule has 0 spiro atoms. The molecule has 2 fully saturated rings. The molecule has 0 aromatic heterocycles. The highest BCUT2D eigenvalue weighted by Gasteiger charge is 2.24. The molecular formula is C23H28N4O3. The quantitative estimate of drug-likeness (QED) is 0.826. The first-order valence-electron chi connectivity index (χ1n) is 10.4. The Hall–Kier alpha value is -3.06. The smallest absolute Gasteiger partial charge is 0.321 e. The van der Waals surface area contributed by atoms with E-state index in [2.05, 4.69) is 22.3 Å². The topological polar surface area (TPSA) is 65.1 Å². The van der Waals surface area contributed by atoms with Gasteiger partial charge < -0.3 is 15.0 Å².